The minimum atomic E-state index is -2.03. The highest BCUT2D eigenvalue weighted by atomic mass is 28.4. The monoisotopic (exact) mass is 314 g/mol. The summed E-state index contributed by atoms with van der Waals surface area (Å²) in [5, 5.41) is 8.74. The lowest BCUT2D eigenvalue weighted by Gasteiger charge is -2.36. The molecule has 0 amide bonds. The van der Waals surface area contributed by atoms with Gasteiger partial charge in [-0.15, -0.1) is 0 Å². The fourth-order valence-electron chi connectivity index (χ4n) is 1.40. The van der Waals surface area contributed by atoms with Gasteiger partial charge in [-0.05, 0) is 18.1 Å². The van der Waals surface area contributed by atoms with Crippen molar-refractivity contribution in [3.8, 4) is 0 Å². The minimum absolute atomic E-state index is 0.00469. The Labute approximate surface area is 123 Å². The third-order valence-corrected chi connectivity index (χ3v) is 8.26. The number of rotatable bonds is 5. The lowest BCUT2D eigenvalue weighted by molar-refractivity contribution is -0.137. The molecule has 2 N–H and O–H groups in total. The molecule has 0 bridgehead atoms. The Kier molecular flexibility index (Phi) is 4.95. The Balaban J connectivity index is 3.02. The number of aromatic amines is 1. The van der Waals surface area contributed by atoms with Gasteiger partial charge in [0.15, 0.2) is 8.32 Å². The summed E-state index contributed by atoms with van der Waals surface area (Å²) in [7, 11) is -2.03. The number of carboxylic acids is 1. The van der Waals surface area contributed by atoms with Gasteiger partial charge in [-0.1, -0.05) is 20.8 Å². The van der Waals surface area contributed by atoms with E-state index in [2.05, 4.69) is 38.8 Å². The molecule has 0 fully saturated rings. The second-order valence-electron chi connectivity index (χ2n) is 6.48. The fraction of sp³-hybridized carbons (Fsp3) is 0.615. The first-order chi connectivity index (χ1) is 9.44. The number of nitrogens with one attached hydrogen (secondary N) is 1. The average Bonchev–Trinajstić information content (AvgIpc) is 2.29. The van der Waals surface area contributed by atoms with Crippen molar-refractivity contribution in [2.24, 2.45) is 0 Å². The van der Waals surface area contributed by atoms with Crippen LogP contribution in [0.25, 0.3) is 0 Å². The molecule has 1 aromatic rings. The van der Waals surface area contributed by atoms with Crippen molar-refractivity contribution in [3.05, 3.63) is 32.6 Å². The maximum Gasteiger partial charge on any atom is 0.328 e. The van der Waals surface area contributed by atoms with Crippen LogP contribution in [0.3, 0.4) is 0 Å². The minimum Gasteiger partial charge on any atom is -0.480 e. The molecule has 1 heterocycles. The van der Waals surface area contributed by atoms with Crippen LogP contribution in [0.15, 0.2) is 15.8 Å². The van der Waals surface area contributed by atoms with E-state index in [1.54, 1.807) is 0 Å². The molecule has 0 atom stereocenters. The van der Waals surface area contributed by atoms with Gasteiger partial charge in [-0.25, -0.2) is 4.79 Å². The summed E-state index contributed by atoms with van der Waals surface area (Å²) in [6.45, 7) is 9.90. The van der Waals surface area contributed by atoms with Gasteiger partial charge in [0.25, 0.3) is 5.56 Å². The maximum atomic E-state index is 11.8. The van der Waals surface area contributed by atoms with E-state index in [1.165, 1.54) is 6.20 Å². The van der Waals surface area contributed by atoms with Crippen molar-refractivity contribution in [1.82, 2.24) is 9.55 Å². The van der Waals surface area contributed by atoms with Gasteiger partial charge in [0.1, 0.15) is 6.54 Å². The quantitative estimate of drug-likeness (QED) is 0.794. The van der Waals surface area contributed by atoms with E-state index in [1.807, 2.05) is 0 Å². The summed E-state index contributed by atoms with van der Waals surface area (Å²) in [6, 6.07) is 0. The number of carbonyl (C=O) groups is 1. The molecule has 1 aromatic heterocycles. The van der Waals surface area contributed by atoms with E-state index in [9.17, 15) is 14.4 Å². The van der Waals surface area contributed by atoms with Crippen molar-refractivity contribution < 1.29 is 14.3 Å². The van der Waals surface area contributed by atoms with Gasteiger partial charge in [0.05, 0.1) is 12.2 Å². The Hall–Kier alpha value is -1.67. The van der Waals surface area contributed by atoms with Crippen molar-refractivity contribution in [2.45, 2.75) is 52.1 Å². The highest BCUT2D eigenvalue weighted by molar-refractivity contribution is 6.74. The first-order valence-electron chi connectivity index (χ1n) is 6.62. The van der Waals surface area contributed by atoms with Crippen LogP contribution in [0.5, 0.6) is 0 Å². The number of aromatic nitrogens is 2. The number of nitrogens with zero attached hydrogens (tertiary/aromatic N) is 1. The lowest BCUT2D eigenvalue weighted by Crippen LogP contribution is -2.41. The Morgan fingerprint density at radius 3 is 2.43 bits per heavy atom. The number of aliphatic carboxylic acids is 1. The normalized spacial score (nSPS) is 12.4. The molecule has 0 aliphatic carbocycles. The standard InChI is InChI=1S/C13H22N2O5Si/c1-13(2,3)21(4,5)20-8-9-6-15(7-10(16)17)12(19)14-11(9)18/h6H,7-8H2,1-5H3,(H,16,17)(H,14,18,19). The molecule has 0 aliphatic rings. The predicted octanol–water partition coefficient (Wildman–Crippen LogP) is 1.14. The van der Waals surface area contributed by atoms with Gasteiger partial charge >= 0.3 is 11.7 Å². The summed E-state index contributed by atoms with van der Waals surface area (Å²) >= 11 is 0. The van der Waals surface area contributed by atoms with Gasteiger partial charge in [0.2, 0.25) is 0 Å². The van der Waals surface area contributed by atoms with Crippen LogP contribution in [-0.4, -0.2) is 28.9 Å². The smallest absolute Gasteiger partial charge is 0.328 e. The zero-order valence-electron chi connectivity index (χ0n) is 13.0. The molecular formula is C13H22N2O5Si. The maximum absolute atomic E-state index is 11.8. The summed E-state index contributed by atoms with van der Waals surface area (Å²) in [5.41, 5.74) is -1.03. The number of hydrogen-bond donors (Lipinski definition) is 2. The second kappa shape index (κ2) is 5.98. The highest BCUT2D eigenvalue weighted by Gasteiger charge is 2.37. The lowest BCUT2D eigenvalue weighted by atomic mass is 10.2. The molecule has 1 rings (SSSR count). The van der Waals surface area contributed by atoms with Gasteiger partial charge in [0, 0.05) is 6.20 Å². The van der Waals surface area contributed by atoms with E-state index in [0.29, 0.717) is 0 Å². The summed E-state index contributed by atoms with van der Waals surface area (Å²) in [5.74, 6) is -1.15. The highest BCUT2D eigenvalue weighted by Crippen LogP contribution is 2.36. The van der Waals surface area contributed by atoms with Crippen molar-refractivity contribution in [3.63, 3.8) is 0 Å². The van der Waals surface area contributed by atoms with E-state index in [-0.39, 0.29) is 17.2 Å². The summed E-state index contributed by atoms with van der Waals surface area (Å²) in [4.78, 5) is 36.1. The molecule has 0 unspecified atom stereocenters. The number of hydrogen-bond acceptors (Lipinski definition) is 4. The predicted molar refractivity (Wildman–Crippen MR) is 80.9 cm³/mol. The summed E-state index contributed by atoms with van der Waals surface area (Å²) < 4.78 is 6.87. The largest absolute Gasteiger partial charge is 0.480 e. The van der Waals surface area contributed by atoms with E-state index < -0.39 is 32.1 Å². The Morgan fingerprint density at radius 2 is 1.95 bits per heavy atom. The molecule has 0 aromatic carbocycles. The molecule has 21 heavy (non-hydrogen) atoms. The molecule has 0 spiro atoms. The van der Waals surface area contributed by atoms with Gasteiger partial charge < -0.3 is 9.53 Å². The molecular weight excluding hydrogens is 292 g/mol. The molecule has 0 aliphatic heterocycles. The first-order valence-corrected chi connectivity index (χ1v) is 9.53. The fourth-order valence-corrected chi connectivity index (χ4v) is 2.34. The van der Waals surface area contributed by atoms with E-state index in [4.69, 9.17) is 9.53 Å². The van der Waals surface area contributed by atoms with Crippen molar-refractivity contribution in [2.75, 3.05) is 0 Å². The number of H-pyrrole nitrogens is 1. The molecule has 8 heteroatoms. The zero-order valence-corrected chi connectivity index (χ0v) is 14.0. The Bertz CT molecular complexity index is 639. The molecule has 0 radical (unpaired) electrons. The van der Waals surface area contributed by atoms with Crippen LogP contribution in [0, 0.1) is 0 Å². The third kappa shape index (κ3) is 4.40. The van der Waals surface area contributed by atoms with Crippen LogP contribution in [0.2, 0.25) is 18.1 Å². The molecule has 7 nitrogen and oxygen atoms in total. The van der Waals surface area contributed by atoms with E-state index in [0.717, 1.165) is 4.57 Å². The first kappa shape index (κ1) is 17.4. The van der Waals surface area contributed by atoms with Crippen molar-refractivity contribution >= 4 is 14.3 Å². The van der Waals surface area contributed by atoms with Crippen LogP contribution in [0.4, 0.5) is 0 Å². The Morgan fingerprint density at radius 1 is 1.38 bits per heavy atom. The zero-order chi connectivity index (χ0) is 16.4. The van der Waals surface area contributed by atoms with E-state index >= 15 is 0 Å². The average molecular weight is 314 g/mol. The molecule has 0 saturated heterocycles. The molecule has 0 saturated carbocycles. The van der Waals surface area contributed by atoms with Crippen molar-refractivity contribution in [1.29, 1.82) is 0 Å². The van der Waals surface area contributed by atoms with Crippen LogP contribution in [-0.2, 0) is 22.4 Å². The van der Waals surface area contributed by atoms with Crippen LogP contribution in [0.1, 0.15) is 26.3 Å². The van der Waals surface area contributed by atoms with Gasteiger partial charge in [-0.3, -0.25) is 19.1 Å². The van der Waals surface area contributed by atoms with Crippen LogP contribution >= 0.6 is 0 Å². The van der Waals surface area contributed by atoms with Gasteiger partial charge in [-0.2, -0.15) is 0 Å². The second-order valence-corrected chi connectivity index (χ2v) is 11.3. The topological polar surface area (TPSA) is 101 Å². The number of carboxylic acid groups (broad SMARTS) is 1. The SMILES string of the molecule is CC(C)(C)[Si](C)(C)OCc1cn(CC(=O)O)c(=O)[nH]c1=O. The molecule has 118 valence electrons. The summed E-state index contributed by atoms with van der Waals surface area (Å²) in [6.07, 6.45) is 1.25. The third-order valence-electron chi connectivity index (χ3n) is 3.78. The van der Waals surface area contributed by atoms with Crippen LogP contribution < -0.4 is 11.2 Å².